The van der Waals surface area contributed by atoms with E-state index in [4.69, 9.17) is 5.73 Å². The van der Waals surface area contributed by atoms with E-state index >= 15 is 0 Å². The third-order valence-electron chi connectivity index (χ3n) is 5.68. The number of carbonyl (C=O) groups excluding carboxylic acids is 1. The second-order valence-electron chi connectivity index (χ2n) is 7.36. The molecule has 2 N–H and O–H groups in total. The molecule has 0 bridgehead atoms. The number of carbonyl (C=O) groups is 1. The Labute approximate surface area is 124 Å². The van der Waals surface area contributed by atoms with Gasteiger partial charge in [-0.1, -0.05) is 26.2 Å². The molecule has 2 aliphatic carbocycles. The highest BCUT2D eigenvalue weighted by Gasteiger charge is 2.41. The van der Waals surface area contributed by atoms with Crippen molar-refractivity contribution in [3.8, 4) is 0 Å². The molecule has 2 fully saturated rings. The molecule has 2 aliphatic rings. The fourth-order valence-corrected chi connectivity index (χ4v) is 4.06. The van der Waals surface area contributed by atoms with Crippen molar-refractivity contribution in [1.82, 2.24) is 4.90 Å². The van der Waals surface area contributed by atoms with Crippen LogP contribution in [0, 0.1) is 17.3 Å². The third kappa shape index (κ3) is 3.55. The van der Waals surface area contributed by atoms with Crippen molar-refractivity contribution in [1.29, 1.82) is 0 Å². The lowest BCUT2D eigenvalue weighted by molar-refractivity contribution is -0.143. The van der Waals surface area contributed by atoms with E-state index in [1.165, 1.54) is 32.1 Å². The molecule has 1 amide bonds. The van der Waals surface area contributed by atoms with Gasteiger partial charge in [-0.25, -0.2) is 0 Å². The summed E-state index contributed by atoms with van der Waals surface area (Å²) in [6.45, 7) is 3.75. The summed E-state index contributed by atoms with van der Waals surface area (Å²) in [4.78, 5) is 14.9. The SMILES string of the molecule is CC1CCC(CN)(C(=O)N(C)CC2CCCCC2)CC1. The van der Waals surface area contributed by atoms with Gasteiger partial charge in [-0.3, -0.25) is 4.79 Å². The standard InChI is InChI=1S/C17H32N2O/c1-14-8-10-17(13-18,11-9-14)16(20)19(2)12-15-6-4-3-5-7-15/h14-15H,3-13,18H2,1-2H3. The van der Waals surface area contributed by atoms with Crippen molar-refractivity contribution in [3.63, 3.8) is 0 Å². The van der Waals surface area contributed by atoms with Crippen LogP contribution in [0.15, 0.2) is 0 Å². The van der Waals surface area contributed by atoms with Gasteiger partial charge in [-0.2, -0.15) is 0 Å². The molecule has 0 atom stereocenters. The zero-order valence-electron chi connectivity index (χ0n) is 13.4. The van der Waals surface area contributed by atoms with Crippen molar-refractivity contribution in [2.45, 2.75) is 64.7 Å². The topological polar surface area (TPSA) is 46.3 Å². The second kappa shape index (κ2) is 6.93. The number of hydrogen-bond donors (Lipinski definition) is 1. The molecular weight excluding hydrogens is 248 g/mol. The number of hydrogen-bond acceptors (Lipinski definition) is 2. The maximum atomic E-state index is 12.9. The third-order valence-corrected chi connectivity index (χ3v) is 5.68. The first-order valence-electron chi connectivity index (χ1n) is 8.53. The van der Waals surface area contributed by atoms with Crippen LogP contribution < -0.4 is 5.73 Å². The van der Waals surface area contributed by atoms with E-state index in [-0.39, 0.29) is 5.41 Å². The Morgan fingerprint density at radius 3 is 2.30 bits per heavy atom. The Bertz CT molecular complexity index is 315. The van der Waals surface area contributed by atoms with Crippen LogP contribution in [0.5, 0.6) is 0 Å². The summed E-state index contributed by atoms with van der Waals surface area (Å²) < 4.78 is 0. The molecule has 20 heavy (non-hydrogen) atoms. The molecule has 0 aliphatic heterocycles. The van der Waals surface area contributed by atoms with Gasteiger partial charge < -0.3 is 10.6 Å². The minimum absolute atomic E-state index is 0.254. The molecule has 116 valence electrons. The summed E-state index contributed by atoms with van der Waals surface area (Å²) in [6.07, 6.45) is 10.9. The molecule has 0 unspecified atom stereocenters. The zero-order chi connectivity index (χ0) is 14.6. The predicted molar refractivity (Wildman–Crippen MR) is 83.3 cm³/mol. The summed E-state index contributed by atoms with van der Waals surface area (Å²) in [5, 5.41) is 0. The van der Waals surface area contributed by atoms with Gasteiger partial charge in [0.2, 0.25) is 5.91 Å². The highest BCUT2D eigenvalue weighted by atomic mass is 16.2. The first-order chi connectivity index (χ1) is 9.57. The second-order valence-corrected chi connectivity index (χ2v) is 7.36. The summed E-state index contributed by atoms with van der Waals surface area (Å²) in [5.74, 6) is 1.79. The average Bonchev–Trinajstić information content (AvgIpc) is 2.49. The van der Waals surface area contributed by atoms with Gasteiger partial charge in [-0.05, 0) is 50.4 Å². The van der Waals surface area contributed by atoms with Gasteiger partial charge >= 0.3 is 0 Å². The number of nitrogens with zero attached hydrogens (tertiary/aromatic N) is 1. The summed E-state index contributed by atoms with van der Waals surface area (Å²) in [7, 11) is 1.99. The lowest BCUT2D eigenvalue weighted by atomic mass is 9.70. The largest absolute Gasteiger partial charge is 0.345 e. The highest BCUT2D eigenvalue weighted by Crippen LogP contribution is 2.39. The van der Waals surface area contributed by atoms with Crippen molar-refractivity contribution < 1.29 is 4.79 Å². The monoisotopic (exact) mass is 280 g/mol. The van der Waals surface area contributed by atoms with E-state index in [1.54, 1.807) is 0 Å². The van der Waals surface area contributed by atoms with Crippen LogP contribution in [-0.4, -0.2) is 30.9 Å². The number of nitrogens with two attached hydrogens (primary N) is 1. The van der Waals surface area contributed by atoms with Gasteiger partial charge in [0, 0.05) is 20.1 Å². The van der Waals surface area contributed by atoms with Gasteiger partial charge in [0.25, 0.3) is 0 Å². The van der Waals surface area contributed by atoms with Crippen molar-refractivity contribution in [2.75, 3.05) is 20.1 Å². The van der Waals surface area contributed by atoms with Crippen LogP contribution in [0.2, 0.25) is 0 Å². The quantitative estimate of drug-likeness (QED) is 0.859. The minimum atomic E-state index is -0.254. The van der Waals surface area contributed by atoms with Crippen molar-refractivity contribution >= 4 is 5.91 Å². The summed E-state index contributed by atoms with van der Waals surface area (Å²) >= 11 is 0. The fraction of sp³-hybridized carbons (Fsp3) is 0.941. The van der Waals surface area contributed by atoms with E-state index in [9.17, 15) is 4.79 Å². The molecule has 0 aromatic carbocycles. The summed E-state index contributed by atoms with van der Waals surface area (Å²) in [6, 6.07) is 0. The van der Waals surface area contributed by atoms with Crippen LogP contribution in [0.1, 0.15) is 64.7 Å². The van der Waals surface area contributed by atoms with Crippen LogP contribution in [0.4, 0.5) is 0 Å². The maximum absolute atomic E-state index is 12.9. The molecule has 2 saturated carbocycles. The van der Waals surface area contributed by atoms with E-state index in [2.05, 4.69) is 6.92 Å². The number of amides is 1. The molecule has 0 heterocycles. The molecule has 0 aromatic heterocycles. The van der Waals surface area contributed by atoms with Crippen LogP contribution >= 0.6 is 0 Å². The van der Waals surface area contributed by atoms with Gasteiger partial charge in [0.05, 0.1) is 5.41 Å². The number of rotatable bonds is 4. The molecule has 2 rings (SSSR count). The average molecular weight is 280 g/mol. The summed E-state index contributed by atoms with van der Waals surface area (Å²) in [5.41, 5.74) is 5.75. The lowest BCUT2D eigenvalue weighted by Gasteiger charge is -2.40. The Hall–Kier alpha value is -0.570. The zero-order valence-corrected chi connectivity index (χ0v) is 13.4. The molecule has 3 nitrogen and oxygen atoms in total. The van der Waals surface area contributed by atoms with Gasteiger partial charge in [0.15, 0.2) is 0 Å². The first-order valence-corrected chi connectivity index (χ1v) is 8.53. The first kappa shape index (κ1) is 15.8. The van der Waals surface area contributed by atoms with E-state index < -0.39 is 0 Å². The van der Waals surface area contributed by atoms with Crippen LogP contribution in [0.3, 0.4) is 0 Å². The Morgan fingerprint density at radius 2 is 1.75 bits per heavy atom. The van der Waals surface area contributed by atoms with Gasteiger partial charge in [0.1, 0.15) is 0 Å². The van der Waals surface area contributed by atoms with Gasteiger partial charge in [-0.15, -0.1) is 0 Å². The van der Waals surface area contributed by atoms with Crippen LogP contribution in [0.25, 0.3) is 0 Å². The normalized spacial score (nSPS) is 32.0. The Kier molecular flexibility index (Phi) is 5.48. The van der Waals surface area contributed by atoms with E-state index in [0.29, 0.717) is 12.5 Å². The van der Waals surface area contributed by atoms with E-state index in [1.807, 2.05) is 11.9 Å². The minimum Gasteiger partial charge on any atom is -0.345 e. The molecular formula is C17H32N2O. The molecule has 0 saturated heterocycles. The lowest BCUT2D eigenvalue weighted by Crippen LogP contribution is -2.49. The van der Waals surface area contributed by atoms with Crippen LogP contribution in [-0.2, 0) is 4.79 Å². The van der Waals surface area contributed by atoms with Crippen molar-refractivity contribution in [2.24, 2.45) is 23.0 Å². The van der Waals surface area contributed by atoms with Crippen molar-refractivity contribution in [3.05, 3.63) is 0 Å². The Balaban J connectivity index is 1.93. The molecule has 3 heteroatoms. The van der Waals surface area contributed by atoms with E-state index in [0.717, 1.165) is 44.1 Å². The molecule has 0 aromatic rings. The predicted octanol–water partition coefficient (Wildman–Crippen LogP) is 3.18. The Morgan fingerprint density at radius 1 is 1.15 bits per heavy atom. The fourth-order valence-electron chi connectivity index (χ4n) is 4.06. The maximum Gasteiger partial charge on any atom is 0.229 e. The highest BCUT2D eigenvalue weighted by molar-refractivity contribution is 5.83. The smallest absolute Gasteiger partial charge is 0.229 e. The molecule has 0 spiro atoms. The molecule has 0 radical (unpaired) electrons.